The first-order valence-corrected chi connectivity index (χ1v) is 5.26. The van der Waals surface area contributed by atoms with E-state index in [4.69, 9.17) is 0 Å². The summed E-state index contributed by atoms with van der Waals surface area (Å²) in [5.41, 5.74) is 0. The summed E-state index contributed by atoms with van der Waals surface area (Å²) in [7, 11) is 0. The van der Waals surface area contributed by atoms with Crippen LogP contribution in [0.4, 0.5) is 0 Å². The predicted octanol–water partition coefficient (Wildman–Crippen LogP) is 2.35. The van der Waals surface area contributed by atoms with Gasteiger partial charge in [-0.2, -0.15) is 0 Å². The minimum atomic E-state index is 0.165. The molecule has 0 aromatic carbocycles. The highest BCUT2D eigenvalue weighted by Crippen LogP contribution is 2.07. The van der Waals surface area contributed by atoms with Crippen molar-refractivity contribution in [3.8, 4) is 0 Å². The van der Waals surface area contributed by atoms with Crippen molar-refractivity contribution in [2.75, 3.05) is 0 Å². The lowest BCUT2D eigenvalue weighted by Gasteiger charge is -2.09. The number of hydrogen-bond donors (Lipinski definition) is 0. The van der Waals surface area contributed by atoms with Crippen molar-refractivity contribution in [2.45, 2.75) is 33.2 Å². The highest BCUT2D eigenvalue weighted by molar-refractivity contribution is 7.07. The Hall–Kier alpha value is -0.570. The van der Waals surface area contributed by atoms with E-state index in [1.165, 1.54) is 24.2 Å². The highest BCUT2D eigenvalue weighted by Gasteiger charge is 2.03. The number of thiazole rings is 1. The number of nitrogens with zero attached hydrogens (tertiary/aromatic N) is 1. The Balaban J connectivity index is 2.52. The maximum absolute atomic E-state index is 11.1. The van der Waals surface area contributed by atoms with Gasteiger partial charge in [0.05, 0.1) is 0 Å². The van der Waals surface area contributed by atoms with Crippen LogP contribution in [0.25, 0.3) is 0 Å². The van der Waals surface area contributed by atoms with Gasteiger partial charge in [-0.15, -0.1) is 0 Å². The molecule has 0 saturated carbocycles. The Morgan fingerprint density at radius 2 is 2.42 bits per heavy atom. The first kappa shape index (κ1) is 9.52. The molecule has 0 saturated heterocycles. The average Bonchev–Trinajstić information content (AvgIpc) is 2.37. The first-order chi connectivity index (χ1) is 5.74. The summed E-state index contributed by atoms with van der Waals surface area (Å²) in [4.78, 5) is 11.3. The highest BCUT2D eigenvalue weighted by atomic mass is 32.1. The fraction of sp³-hybridized carbons (Fsp3) is 0.667. The van der Waals surface area contributed by atoms with Crippen LogP contribution in [0.15, 0.2) is 16.4 Å². The quantitative estimate of drug-likeness (QED) is 0.705. The molecule has 0 fully saturated rings. The van der Waals surface area contributed by atoms with Gasteiger partial charge in [0.2, 0.25) is 0 Å². The topological polar surface area (TPSA) is 22.0 Å². The summed E-state index contributed by atoms with van der Waals surface area (Å²) in [6.07, 6.45) is 4.27. The fourth-order valence-corrected chi connectivity index (χ4v) is 1.94. The molecule has 1 rings (SSSR count). The van der Waals surface area contributed by atoms with E-state index in [2.05, 4.69) is 13.8 Å². The van der Waals surface area contributed by atoms with Crippen molar-refractivity contribution in [3.63, 3.8) is 0 Å². The Labute approximate surface area is 76.9 Å². The van der Waals surface area contributed by atoms with Crippen LogP contribution in [0, 0.1) is 5.92 Å². The van der Waals surface area contributed by atoms with Gasteiger partial charge in [-0.3, -0.25) is 4.79 Å². The third kappa shape index (κ3) is 2.48. The molecule has 1 atom stereocenters. The SMILES string of the molecule is CCCC(C)Cn1ccsc1=O. The van der Waals surface area contributed by atoms with E-state index in [9.17, 15) is 4.79 Å². The van der Waals surface area contributed by atoms with Crippen LogP contribution >= 0.6 is 11.3 Å². The summed E-state index contributed by atoms with van der Waals surface area (Å²) in [5, 5.41) is 1.85. The van der Waals surface area contributed by atoms with Crippen LogP contribution in [0.1, 0.15) is 26.7 Å². The summed E-state index contributed by atoms with van der Waals surface area (Å²) < 4.78 is 1.80. The molecule has 0 N–H and O–H groups in total. The molecule has 3 heteroatoms. The van der Waals surface area contributed by atoms with E-state index < -0.39 is 0 Å². The van der Waals surface area contributed by atoms with Gasteiger partial charge in [-0.25, -0.2) is 0 Å². The van der Waals surface area contributed by atoms with Crippen molar-refractivity contribution < 1.29 is 0 Å². The van der Waals surface area contributed by atoms with Crippen molar-refractivity contribution in [2.24, 2.45) is 5.92 Å². The molecule has 0 radical (unpaired) electrons. The van der Waals surface area contributed by atoms with E-state index in [1.807, 2.05) is 11.6 Å². The van der Waals surface area contributed by atoms with Gasteiger partial charge in [-0.1, -0.05) is 31.6 Å². The molecule has 0 bridgehead atoms. The Bertz CT molecular complexity index is 276. The normalized spacial score (nSPS) is 13.2. The molecule has 0 amide bonds. The molecular formula is C9H15NOS. The van der Waals surface area contributed by atoms with Crippen molar-refractivity contribution >= 4 is 11.3 Å². The van der Waals surface area contributed by atoms with Gasteiger partial charge in [0, 0.05) is 18.1 Å². The third-order valence-electron chi connectivity index (χ3n) is 1.93. The van der Waals surface area contributed by atoms with Gasteiger partial charge >= 0.3 is 4.87 Å². The Morgan fingerprint density at radius 3 is 2.92 bits per heavy atom. The largest absolute Gasteiger partial charge is 0.307 e. The lowest BCUT2D eigenvalue weighted by molar-refractivity contribution is 0.442. The zero-order valence-corrected chi connectivity index (χ0v) is 8.43. The van der Waals surface area contributed by atoms with Gasteiger partial charge in [0.1, 0.15) is 0 Å². The summed E-state index contributed by atoms with van der Waals surface area (Å²) in [6.45, 7) is 5.23. The minimum Gasteiger partial charge on any atom is -0.306 e. The summed E-state index contributed by atoms with van der Waals surface area (Å²) in [5.74, 6) is 0.613. The Kier molecular flexibility index (Phi) is 3.53. The smallest absolute Gasteiger partial charge is 0.306 e. The molecule has 1 aromatic heterocycles. The van der Waals surface area contributed by atoms with Crippen molar-refractivity contribution in [1.29, 1.82) is 0 Å². The van der Waals surface area contributed by atoms with E-state index in [0.29, 0.717) is 5.92 Å². The minimum absolute atomic E-state index is 0.165. The van der Waals surface area contributed by atoms with Crippen LogP contribution in [0.2, 0.25) is 0 Å². The lowest BCUT2D eigenvalue weighted by Crippen LogP contribution is -2.16. The number of hydrogen-bond acceptors (Lipinski definition) is 2. The van der Waals surface area contributed by atoms with Crippen molar-refractivity contribution in [1.82, 2.24) is 4.57 Å². The van der Waals surface area contributed by atoms with E-state index >= 15 is 0 Å². The van der Waals surface area contributed by atoms with Crippen LogP contribution in [-0.2, 0) is 6.54 Å². The first-order valence-electron chi connectivity index (χ1n) is 4.38. The number of aromatic nitrogens is 1. The second-order valence-electron chi connectivity index (χ2n) is 3.22. The van der Waals surface area contributed by atoms with Crippen molar-refractivity contribution in [3.05, 3.63) is 21.2 Å². The summed E-state index contributed by atoms with van der Waals surface area (Å²) in [6, 6.07) is 0. The molecule has 1 unspecified atom stereocenters. The predicted molar refractivity (Wildman–Crippen MR) is 52.7 cm³/mol. The zero-order chi connectivity index (χ0) is 8.97. The van der Waals surface area contributed by atoms with Gasteiger partial charge in [0.15, 0.2) is 0 Å². The van der Waals surface area contributed by atoms with Crippen LogP contribution in [0.5, 0.6) is 0 Å². The monoisotopic (exact) mass is 185 g/mol. The molecule has 1 aromatic rings. The van der Waals surface area contributed by atoms with Gasteiger partial charge < -0.3 is 4.57 Å². The van der Waals surface area contributed by atoms with Gasteiger partial charge in [-0.05, 0) is 12.3 Å². The molecule has 12 heavy (non-hydrogen) atoms. The molecule has 68 valence electrons. The summed E-state index contributed by atoms with van der Waals surface area (Å²) >= 11 is 1.27. The third-order valence-corrected chi connectivity index (χ3v) is 2.63. The Morgan fingerprint density at radius 1 is 1.67 bits per heavy atom. The second-order valence-corrected chi connectivity index (χ2v) is 4.07. The van der Waals surface area contributed by atoms with E-state index in [-0.39, 0.29) is 4.87 Å². The number of rotatable bonds is 4. The molecular weight excluding hydrogens is 170 g/mol. The molecule has 0 spiro atoms. The standard InChI is InChI=1S/C9H15NOS/c1-3-4-8(2)7-10-5-6-12-9(10)11/h5-6,8H,3-4,7H2,1-2H3. The van der Waals surface area contributed by atoms with Gasteiger partial charge in [0.25, 0.3) is 0 Å². The molecule has 0 aliphatic rings. The second kappa shape index (κ2) is 4.45. The maximum Gasteiger partial charge on any atom is 0.307 e. The van der Waals surface area contributed by atoms with E-state index in [0.717, 1.165) is 6.54 Å². The fourth-order valence-electron chi connectivity index (χ4n) is 1.35. The molecule has 0 aliphatic carbocycles. The zero-order valence-electron chi connectivity index (χ0n) is 7.62. The lowest BCUT2D eigenvalue weighted by atomic mass is 10.1. The van der Waals surface area contributed by atoms with E-state index in [1.54, 1.807) is 4.57 Å². The maximum atomic E-state index is 11.1. The molecule has 0 aliphatic heterocycles. The van der Waals surface area contributed by atoms with Crippen LogP contribution in [-0.4, -0.2) is 4.57 Å². The molecule has 2 nitrogen and oxygen atoms in total. The molecule has 1 heterocycles. The van der Waals surface area contributed by atoms with Crippen LogP contribution in [0.3, 0.4) is 0 Å². The van der Waals surface area contributed by atoms with Crippen LogP contribution < -0.4 is 4.87 Å². The average molecular weight is 185 g/mol.